The van der Waals surface area contributed by atoms with E-state index in [1.165, 1.54) is 6.42 Å². The molecule has 190 valence electrons. The molecule has 2 aromatic heterocycles. The van der Waals surface area contributed by atoms with Crippen molar-refractivity contribution < 1.29 is 23.7 Å². The minimum absolute atomic E-state index is 0.321. The summed E-state index contributed by atoms with van der Waals surface area (Å²) in [6, 6.07) is 4.41. The van der Waals surface area contributed by atoms with Crippen LogP contribution >= 0.6 is 11.3 Å². The van der Waals surface area contributed by atoms with Gasteiger partial charge in [0.15, 0.2) is 0 Å². The van der Waals surface area contributed by atoms with Crippen molar-refractivity contribution in [3.8, 4) is 28.6 Å². The molecule has 35 heavy (non-hydrogen) atoms. The highest BCUT2D eigenvalue weighted by Crippen LogP contribution is 2.45. The van der Waals surface area contributed by atoms with E-state index in [4.69, 9.17) is 28.8 Å². The van der Waals surface area contributed by atoms with Gasteiger partial charge >= 0.3 is 0 Å². The molecule has 8 nitrogen and oxygen atoms in total. The Morgan fingerprint density at radius 1 is 1.11 bits per heavy atom. The first kappa shape index (κ1) is 24.2. The van der Waals surface area contributed by atoms with E-state index in [9.17, 15) is 0 Å². The molecule has 3 heterocycles. The Morgan fingerprint density at radius 2 is 1.89 bits per heavy atom. The zero-order valence-electron chi connectivity index (χ0n) is 21.0. The van der Waals surface area contributed by atoms with Crippen LogP contribution in [-0.2, 0) is 16.1 Å². The molecule has 1 saturated heterocycles. The highest BCUT2D eigenvalue weighted by Gasteiger charge is 2.31. The molecule has 0 spiro atoms. The molecule has 0 N–H and O–H groups in total. The summed E-state index contributed by atoms with van der Waals surface area (Å²) in [5.41, 5.74) is 3.85. The van der Waals surface area contributed by atoms with Crippen molar-refractivity contribution in [3.05, 3.63) is 23.1 Å². The monoisotopic (exact) mass is 501 g/mol. The normalized spacial score (nSPS) is 18.1. The molecule has 1 aliphatic carbocycles. The van der Waals surface area contributed by atoms with Gasteiger partial charge in [0, 0.05) is 18.5 Å². The van der Waals surface area contributed by atoms with Crippen LogP contribution in [0.1, 0.15) is 44.6 Å². The number of aromatic nitrogens is 2. The fourth-order valence-corrected chi connectivity index (χ4v) is 5.89. The Kier molecular flexibility index (Phi) is 7.36. The van der Waals surface area contributed by atoms with Gasteiger partial charge in [-0.1, -0.05) is 6.92 Å². The third-order valence-corrected chi connectivity index (χ3v) is 7.88. The number of rotatable bonds is 11. The average Bonchev–Trinajstić information content (AvgIpc) is 3.58. The summed E-state index contributed by atoms with van der Waals surface area (Å²) in [6.07, 6.45) is 5.94. The number of methoxy groups -OCH3 is 3. The van der Waals surface area contributed by atoms with Crippen LogP contribution in [0.5, 0.6) is 17.4 Å². The predicted molar refractivity (Wildman–Crippen MR) is 137 cm³/mol. The summed E-state index contributed by atoms with van der Waals surface area (Å²) >= 11 is 1.65. The molecule has 2 aliphatic rings. The molecular formula is C26H35N3O5S. The molecule has 0 radical (unpaired) electrons. The number of hydrogen-bond donors (Lipinski definition) is 0. The maximum absolute atomic E-state index is 6.04. The van der Waals surface area contributed by atoms with Crippen LogP contribution in [0.25, 0.3) is 16.1 Å². The fourth-order valence-electron chi connectivity index (χ4n) is 4.89. The minimum atomic E-state index is 0.321. The number of benzene rings is 1. The maximum Gasteiger partial charge on any atom is 0.258 e. The predicted octanol–water partition coefficient (Wildman–Crippen LogP) is 5.16. The third-order valence-electron chi connectivity index (χ3n) is 6.95. The van der Waals surface area contributed by atoms with Crippen molar-refractivity contribution in [2.75, 3.05) is 46.0 Å². The van der Waals surface area contributed by atoms with E-state index < -0.39 is 0 Å². The van der Waals surface area contributed by atoms with E-state index in [-0.39, 0.29) is 0 Å². The topological polar surface area (TPSA) is 66.7 Å². The van der Waals surface area contributed by atoms with Crippen molar-refractivity contribution in [2.45, 2.75) is 57.8 Å². The molecular weight excluding hydrogens is 466 g/mol. The van der Waals surface area contributed by atoms with E-state index in [1.807, 2.05) is 16.6 Å². The zero-order valence-corrected chi connectivity index (χ0v) is 21.9. The average molecular weight is 502 g/mol. The molecule has 1 unspecified atom stereocenters. The van der Waals surface area contributed by atoms with E-state index in [2.05, 4.69) is 17.2 Å². The van der Waals surface area contributed by atoms with Gasteiger partial charge in [-0.2, -0.15) is 0 Å². The van der Waals surface area contributed by atoms with Gasteiger partial charge in [-0.15, -0.1) is 16.4 Å². The largest absolute Gasteiger partial charge is 0.496 e. The fraction of sp³-hybridized carbons (Fsp3) is 0.577. The summed E-state index contributed by atoms with van der Waals surface area (Å²) in [7, 11) is 5.07. The molecule has 1 saturated carbocycles. The van der Waals surface area contributed by atoms with E-state index in [0.717, 1.165) is 84.3 Å². The van der Waals surface area contributed by atoms with Crippen LogP contribution < -0.4 is 19.1 Å². The van der Waals surface area contributed by atoms with Gasteiger partial charge in [-0.25, -0.2) is 4.52 Å². The van der Waals surface area contributed by atoms with Crippen LogP contribution in [0.3, 0.4) is 0 Å². The van der Waals surface area contributed by atoms with E-state index in [0.29, 0.717) is 24.6 Å². The Bertz CT molecular complexity index is 1120. The summed E-state index contributed by atoms with van der Waals surface area (Å²) in [5.74, 6) is 2.10. The van der Waals surface area contributed by atoms with Gasteiger partial charge < -0.3 is 28.6 Å². The van der Waals surface area contributed by atoms with E-state index >= 15 is 0 Å². The molecule has 1 aliphatic heterocycles. The lowest BCUT2D eigenvalue weighted by Crippen LogP contribution is -2.36. The van der Waals surface area contributed by atoms with Crippen LogP contribution in [0.2, 0.25) is 0 Å². The lowest BCUT2D eigenvalue weighted by molar-refractivity contribution is -0.00877. The molecule has 1 aromatic carbocycles. The molecule has 5 rings (SSSR count). The van der Waals surface area contributed by atoms with Crippen molar-refractivity contribution in [1.29, 1.82) is 0 Å². The zero-order chi connectivity index (χ0) is 24.4. The Labute approximate surface area is 210 Å². The number of anilines is 1. The second kappa shape index (κ2) is 10.6. The molecule has 9 heteroatoms. The van der Waals surface area contributed by atoms with E-state index in [1.54, 1.807) is 32.7 Å². The second-order valence-electron chi connectivity index (χ2n) is 9.15. The van der Waals surface area contributed by atoms with Gasteiger partial charge in [-0.3, -0.25) is 0 Å². The van der Waals surface area contributed by atoms with Gasteiger partial charge in [0.1, 0.15) is 22.0 Å². The second-order valence-corrected chi connectivity index (χ2v) is 10.0. The van der Waals surface area contributed by atoms with Crippen molar-refractivity contribution in [2.24, 2.45) is 0 Å². The standard InChI is InChI=1S/C26H35N3O5S/c1-5-10-28(18-9-11-33-15-18)24-25(32-4)27-29-20(16-35-26(24)29)23-21(30-2)12-17(13-22(23)31-3)14-34-19-7-6-8-19/h12-13,16,18-19H,5-11,14-15H2,1-4H3. The number of ether oxygens (including phenoxy) is 5. The first-order valence-electron chi connectivity index (χ1n) is 12.4. The van der Waals surface area contributed by atoms with Crippen molar-refractivity contribution >= 4 is 21.9 Å². The smallest absolute Gasteiger partial charge is 0.258 e. The summed E-state index contributed by atoms with van der Waals surface area (Å²) in [4.78, 5) is 3.45. The van der Waals surface area contributed by atoms with Crippen LogP contribution in [0.15, 0.2) is 17.5 Å². The molecule has 0 amide bonds. The SMILES string of the molecule is CCCN(c1c(OC)nn2c(-c3c(OC)cc(COC4CCC4)cc3OC)csc12)C1CCOC1. The molecule has 1 atom stereocenters. The molecule has 2 fully saturated rings. The number of fused-ring (bicyclic) bond motifs is 1. The number of thiazole rings is 1. The quantitative estimate of drug-likeness (QED) is 0.359. The van der Waals surface area contributed by atoms with Crippen molar-refractivity contribution in [3.63, 3.8) is 0 Å². The highest BCUT2D eigenvalue weighted by molar-refractivity contribution is 7.16. The molecule has 0 bridgehead atoms. The van der Waals surface area contributed by atoms with Gasteiger partial charge in [0.05, 0.1) is 57.9 Å². The Balaban J connectivity index is 1.57. The number of nitrogens with zero attached hydrogens (tertiary/aromatic N) is 3. The van der Waals surface area contributed by atoms with Gasteiger partial charge in [0.25, 0.3) is 5.88 Å². The summed E-state index contributed by atoms with van der Waals surface area (Å²) < 4.78 is 31.2. The highest BCUT2D eigenvalue weighted by atomic mass is 32.1. The summed E-state index contributed by atoms with van der Waals surface area (Å²) in [6.45, 7) is 5.18. The van der Waals surface area contributed by atoms with Crippen LogP contribution in [0.4, 0.5) is 5.69 Å². The minimum Gasteiger partial charge on any atom is -0.496 e. The Hall–Kier alpha value is -2.49. The summed E-state index contributed by atoms with van der Waals surface area (Å²) in [5, 5.41) is 7.00. The van der Waals surface area contributed by atoms with Crippen molar-refractivity contribution in [1.82, 2.24) is 9.61 Å². The Morgan fingerprint density at radius 3 is 2.46 bits per heavy atom. The molecule has 3 aromatic rings. The van der Waals surface area contributed by atoms with Gasteiger partial charge in [0.2, 0.25) is 0 Å². The number of hydrogen-bond acceptors (Lipinski definition) is 8. The van der Waals surface area contributed by atoms with Crippen LogP contribution in [-0.4, -0.2) is 62.8 Å². The van der Waals surface area contributed by atoms with Crippen LogP contribution in [0, 0.1) is 0 Å². The lowest BCUT2D eigenvalue weighted by atomic mass is 9.96. The van der Waals surface area contributed by atoms with Gasteiger partial charge in [-0.05, 0) is 49.8 Å². The lowest BCUT2D eigenvalue weighted by Gasteiger charge is -2.29. The first-order chi connectivity index (χ1) is 17.2. The first-order valence-corrected chi connectivity index (χ1v) is 13.3. The third kappa shape index (κ3) is 4.57. The maximum atomic E-state index is 6.04.